The number of carbonyl (C=O) groups excluding carboxylic acids is 1. The molecule has 4 aromatic rings. The Kier molecular flexibility index (Phi) is 5.10. The molecule has 160 valence electrons. The molecular formula is C24H22N6O2. The van der Waals surface area contributed by atoms with Crippen molar-refractivity contribution in [3.8, 4) is 5.69 Å². The van der Waals surface area contributed by atoms with E-state index in [0.717, 1.165) is 0 Å². The highest BCUT2D eigenvalue weighted by Gasteiger charge is 2.23. The minimum Gasteiger partial charge on any atom is -0.337 e. The van der Waals surface area contributed by atoms with E-state index in [-0.39, 0.29) is 11.5 Å². The summed E-state index contributed by atoms with van der Waals surface area (Å²) in [6.45, 7) is 4.39. The number of amides is 1. The fourth-order valence-electron chi connectivity index (χ4n) is 4.05. The zero-order chi connectivity index (χ0) is 22.1. The van der Waals surface area contributed by atoms with Gasteiger partial charge < -0.3 is 9.80 Å². The summed E-state index contributed by atoms with van der Waals surface area (Å²) in [6.07, 6.45) is 3.44. The lowest BCUT2D eigenvalue weighted by molar-refractivity contribution is 0.0746. The second-order valence-electron chi connectivity index (χ2n) is 7.69. The van der Waals surface area contributed by atoms with Gasteiger partial charge in [-0.3, -0.25) is 14.2 Å². The summed E-state index contributed by atoms with van der Waals surface area (Å²) in [7, 11) is 0. The van der Waals surface area contributed by atoms with E-state index < -0.39 is 0 Å². The van der Waals surface area contributed by atoms with Gasteiger partial charge in [-0.15, -0.1) is 0 Å². The van der Waals surface area contributed by atoms with Gasteiger partial charge in [-0.1, -0.05) is 12.1 Å². The first-order valence-corrected chi connectivity index (χ1v) is 10.5. The van der Waals surface area contributed by atoms with Crippen molar-refractivity contribution < 1.29 is 4.79 Å². The molecule has 1 fully saturated rings. The quantitative estimate of drug-likeness (QED) is 0.500. The third-order valence-corrected chi connectivity index (χ3v) is 5.72. The molecule has 2 aromatic heterocycles. The number of nitrogens with zero attached hydrogens (tertiary/aromatic N) is 6. The normalized spacial score (nSPS) is 14.0. The van der Waals surface area contributed by atoms with E-state index in [1.54, 1.807) is 53.4 Å². The zero-order valence-corrected chi connectivity index (χ0v) is 17.7. The van der Waals surface area contributed by atoms with Crippen LogP contribution >= 0.6 is 0 Å². The molecule has 8 nitrogen and oxygen atoms in total. The molecule has 0 N–H and O–H groups in total. The molecule has 1 amide bonds. The van der Waals surface area contributed by atoms with E-state index in [1.165, 1.54) is 0 Å². The summed E-state index contributed by atoms with van der Waals surface area (Å²) in [4.78, 5) is 43.0. The summed E-state index contributed by atoms with van der Waals surface area (Å²) in [5, 5.41) is 0.568. The van der Waals surface area contributed by atoms with Crippen LogP contribution < -0.4 is 10.5 Å². The maximum atomic E-state index is 13.0. The number of aryl methyl sites for hydroxylation is 1. The Hall–Kier alpha value is -4.07. The number of para-hydroxylation sites is 1. The maximum absolute atomic E-state index is 13.0. The van der Waals surface area contributed by atoms with Crippen LogP contribution in [0.4, 0.5) is 5.95 Å². The second kappa shape index (κ2) is 8.22. The van der Waals surface area contributed by atoms with Gasteiger partial charge in [0.15, 0.2) is 0 Å². The molecule has 0 radical (unpaired) electrons. The van der Waals surface area contributed by atoms with Crippen molar-refractivity contribution in [3.05, 3.63) is 88.7 Å². The van der Waals surface area contributed by atoms with E-state index in [2.05, 4.69) is 19.9 Å². The van der Waals surface area contributed by atoms with Crippen molar-refractivity contribution in [1.29, 1.82) is 0 Å². The van der Waals surface area contributed by atoms with Gasteiger partial charge in [0, 0.05) is 44.1 Å². The zero-order valence-electron chi connectivity index (χ0n) is 17.7. The lowest BCUT2D eigenvalue weighted by Crippen LogP contribution is -2.49. The van der Waals surface area contributed by atoms with Crippen LogP contribution in [0.1, 0.15) is 16.2 Å². The van der Waals surface area contributed by atoms with Gasteiger partial charge in [0.1, 0.15) is 5.82 Å². The van der Waals surface area contributed by atoms with E-state index in [0.29, 0.717) is 60.1 Å². The van der Waals surface area contributed by atoms with Gasteiger partial charge in [-0.05, 0) is 49.4 Å². The number of aromatic nitrogens is 4. The van der Waals surface area contributed by atoms with E-state index in [9.17, 15) is 9.59 Å². The average molecular weight is 426 g/mol. The van der Waals surface area contributed by atoms with Crippen LogP contribution in [-0.4, -0.2) is 56.5 Å². The lowest BCUT2D eigenvalue weighted by atomic mass is 10.1. The highest BCUT2D eigenvalue weighted by atomic mass is 16.2. The van der Waals surface area contributed by atoms with E-state index in [1.807, 2.05) is 30.0 Å². The number of carbonyl (C=O) groups is 1. The molecule has 0 bridgehead atoms. The molecule has 1 saturated heterocycles. The van der Waals surface area contributed by atoms with Crippen LogP contribution in [0.25, 0.3) is 16.6 Å². The summed E-state index contributed by atoms with van der Waals surface area (Å²) in [5.74, 6) is 1.27. The average Bonchev–Trinajstić information content (AvgIpc) is 2.85. The van der Waals surface area contributed by atoms with Gasteiger partial charge in [0.25, 0.3) is 11.5 Å². The number of piperazine rings is 1. The second-order valence-corrected chi connectivity index (χ2v) is 7.69. The standard InChI is InChI=1S/C24H22N6O2/c1-17-27-21-6-3-2-5-20(21)23(32)30(17)19-9-7-18(8-10-19)22(31)28-13-15-29(16-14-28)24-25-11-4-12-26-24/h2-12H,13-16H2,1H3. The largest absolute Gasteiger partial charge is 0.337 e. The molecule has 2 aromatic carbocycles. The lowest BCUT2D eigenvalue weighted by Gasteiger charge is -2.34. The molecule has 1 aliphatic heterocycles. The molecule has 0 aliphatic carbocycles. The molecular weight excluding hydrogens is 404 g/mol. The third-order valence-electron chi connectivity index (χ3n) is 5.72. The number of hydrogen-bond donors (Lipinski definition) is 0. The van der Waals surface area contributed by atoms with Crippen LogP contribution in [0.15, 0.2) is 71.8 Å². The number of benzene rings is 2. The van der Waals surface area contributed by atoms with Crippen LogP contribution in [-0.2, 0) is 0 Å². The Morgan fingerprint density at radius 2 is 1.56 bits per heavy atom. The Morgan fingerprint density at radius 1 is 0.875 bits per heavy atom. The van der Waals surface area contributed by atoms with Gasteiger partial charge in [0.05, 0.1) is 16.6 Å². The van der Waals surface area contributed by atoms with Gasteiger partial charge in [-0.2, -0.15) is 0 Å². The van der Waals surface area contributed by atoms with Crippen molar-refractivity contribution in [2.75, 3.05) is 31.1 Å². The predicted molar refractivity (Wildman–Crippen MR) is 122 cm³/mol. The Morgan fingerprint density at radius 3 is 2.28 bits per heavy atom. The van der Waals surface area contributed by atoms with Crippen LogP contribution in [0, 0.1) is 6.92 Å². The first-order valence-electron chi connectivity index (χ1n) is 10.5. The Balaban J connectivity index is 1.34. The molecule has 0 saturated carbocycles. The third kappa shape index (κ3) is 3.60. The number of rotatable bonds is 3. The summed E-state index contributed by atoms with van der Waals surface area (Å²) in [6, 6.07) is 16.2. The first-order chi connectivity index (χ1) is 15.6. The van der Waals surface area contributed by atoms with E-state index >= 15 is 0 Å². The molecule has 1 aliphatic rings. The molecule has 32 heavy (non-hydrogen) atoms. The van der Waals surface area contributed by atoms with Crippen LogP contribution in [0.5, 0.6) is 0 Å². The highest BCUT2D eigenvalue weighted by Crippen LogP contribution is 2.16. The fraction of sp³-hybridized carbons (Fsp3) is 0.208. The van der Waals surface area contributed by atoms with E-state index in [4.69, 9.17) is 0 Å². The molecule has 8 heteroatoms. The van der Waals surface area contributed by atoms with Crippen LogP contribution in [0.3, 0.4) is 0 Å². The van der Waals surface area contributed by atoms with Crippen molar-refractivity contribution in [3.63, 3.8) is 0 Å². The van der Waals surface area contributed by atoms with Crippen molar-refractivity contribution in [1.82, 2.24) is 24.4 Å². The molecule has 0 unspecified atom stereocenters. The smallest absolute Gasteiger partial charge is 0.265 e. The van der Waals surface area contributed by atoms with Crippen molar-refractivity contribution in [2.45, 2.75) is 6.92 Å². The molecule has 5 rings (SSSR count). The van der Waals surface area contributed by atoms with Crippen molar-refractivity contribution >= 4 is 22.8 Å². The van der Waals surface area contributed by atoms with Gasteiger partial charge >= 0.3 is 0 Å². The minimum atomic E-state index is -0.119. The number of hydrogen-bond acceptors (Lipinski definition) is 6. The summed E-state index contributed by atoms with van der Waals surface area (Å²) < 4.78 is 1.58. The summed E-state index contributed by atoms with van der Waals surface area (Å²) >= 11 is 0. The molecule has 0 atom stereocenters. The topological polar surface area (TPSA) is 84.2 Å². The monoisotopic (exact) mass is 426 g/mol. The first kappa shape index (κ1) is 19.9. The number of anilines is 1. The maximum Gasteiger partial charge on any atom is 0.265 e. The van der Waals surface area contributed by atoms with Gasteiger partial charge in [0.2, 0.25) is 5.95 Å². The SMILES string of the molecule is Cc1nc2ccccc2c(=O)n1-c1ccc(C(=O)N2CCN(c3ncccn3)CC2)cc1. The predicted octanol–water partition coefficient (Wildman–Crippen LogP) is 2.45. The number of fused-ring (bicyclic) bond motifs is 1. The summed E-state index contributed by atoms with van der Waals surface area (Å²) in [5.41, 5.74) is 1.84. The highest BCUT2D eigenvalue weighted by molar-refractivity contribution is 5.94. The molecule has 0 spiro atoms. The molecule has 3 heterocycles. The fourth-order valence-corrected chi connectivity index (χ4v) is 4.05. The Bertz CT molecular complexity index is 1330. The van der Waals surface area contributed by atoms with Crippen LogP contribution in [0.2, 0.25) is 0 Å². The van der Waals surface area contributed by atoms with Crippen molar-refractivity contribution in [2.24, 2.45) is 0 Å². The minimum absolute atomic E-state index is 0.0223. The Labute approximate surface area is 184 Å². The van der Waals surface area contributed by atoms with Gasteiger partial charge in [-0.25, -0.2) is 15.0 Å².